The van der Waals surface area contributed by atoms with Gasteiger partial charge in [-0.25, -0.2) is 0 Å². The summed E-state index contributed by atoms with van der Waals surface area (Å²) in [5.41, 5.74) is 4.15. The third-order valence-electron chi connectivity index (χ3n) is 3.90. The number of aryl methyl sites for hydroxylation is 1. The minimum absolute atomic E-state index is 0.282. The molecule has 0 saturated carbocycles. The first-order valence-electron chi connectivity index (χ1n) is 9.32. The fraction of sp³-hybridized carbons (Fsp3) is 0.391. The summed E-state index contributed by atoms with van der Waals surface area (Å²) >= 11 is 0.302. The molecule has 0 unspecified atom stereocenters. The summed E-state index contributed by atoms with van der Waals surface area (Å²) in [5, 5.41) is 0. The number of hydrogen-bond donors (Lipinski definition) is 0. The number of hydrogen-bond acceptors (Lipinski definition) is 1. The molecule has 2 rings (SSSR count). The van der Waals surface area contributed by atoms with Crippen molar-refractivity contribution in [3.63, 3.8) is 0 Å². The van der Waals surface area contributed by atoms with E-state index in [2.05, 4.69) is 52.6 Å². The first-order chi connectivity index (χ1) is 12.1. The fourth-order valence-corrected chi connectivity index (χ4v) is 8.18. The second-order valence-electron chi connectivity index (χ2n) is 8.08. The van der Waals surface area contributed by atoms with Crippen molar-refractivity contribution in [3.05, 3.63) is 75.9 Å². The van der Waals surface area contributed by atoms with Crippen LogP contribution in [0.3, 0.4) is 0 Å². The Hall–Kier alpha value is -1.09. The molecule has 0 aromatic heterocycles. The molecular weight excluding hydrogens is 368 g/mol. The predicted molar refractivity (Wildman–Crippen MR) is 115 cm³/mol. The molecule has 1 nitrogen and oxygen atoms in total. The third kappa shape index (κ3) is 9.03. The number of ether oxygens (including phenoxy) is 1. The van der Waals surface area contributed by atoms with E-state index in [4.69, 9.17) is 4.74 Å². The van der Waals surface area contributed by atoms with Gasteiger partial charge in [-0.3, -0.25) is 0 Å². The summed E-state index contributed by atoms with van der Waals surface area (Å²) in [5.74, 6) is 0.862. The Morgan fingerprint density at radius 3 is 2.46 bits per heavy atom. The molecule has 0 N–H and O–H groups in total. The van der Waals surface area contributed by atoms with Gasteiger partial charge in [0.2, 0.25) is 0 Å². The molecule has 1 aromatic carbocycles. The standard InChI is InChI=1S/C12H14O.C9H13.C2H7Si.Ti/c1-4-10(2)9-13-12-7-5-6-11(3)8-12;1-9(2,3)8-6-4-5-7-8;1-3-2;/h4-9H,1H2,2-3H3;6-7H,4H2,1-3H3;3H,1-2H3;. The van der Waals surface area contributed by atoms with Gasteiger partial charge < -0.3 is 4.74 Å². The van der Waals surface area contributed by atoms with Crippen molar-refractivity contribution < 1.29 is 23.1 Å². The molecule has 0 atom stereocenters. The zero-order chi connectivity index (χ0) is 19.7. The fourth-order valence-electron chi connectivity index (χ4n) is 2.42. The second kappa shape index (κ2) is 10.9. The van der Waals surface area contributed by atoms with Gasteiger partial charge in [0.1, 0.15) is 5.75 Å². The van der Waals surface area contributed by atoms with Crippen molar-refractivity contribution in [1.29, 1.82) is 0 Å². The van der Waals surface area contributed by atoms with Crippen LogP contribution in [0.25, 0.3) is 0 Å². The number of benzene rings is 1. The van der Waals surface area contributed by atoms with E-state index in [-0.39, 0.29) is 6.66 Å². The molecule has 26 heavy (non-hydrogen) atoms. The summed E-state index contributed by atoms with van der Waals surface area (Å²) in [6.07, 6.45) is 9.66. The van der Waals surface area contributed by atoms with Crippen LogP contribution in [0, 0.1) is 12.3 Å². The van der Waals surface area contributed by atoms with Crippen LogP contribution in [0.5, 0.6) is 5.75 Å². The third-order valence-corrected chi connectivity index (χ3v) is 9.84. The molecule has 0 spiro atoms. The van der Waals surface area contributed by atoms with Gasteiger partial charge in [0.25, 0.3) is 0 Å². The Labute approximate surface area is 170 Å². The molecule has 1 aromatic rings. The van der Waals surface area contributed by atoms with Crippen LogP contribution in [0.1, 0.15) is 39.7 Å². The molecule has 1 aliphatic carbocycles. The van der Waals surface area contributed by atoms with E-state index in [1.807, 2.05) is 38.1 Å². The first-order valence-corrected chi connectivity index (χ1v) is 15.7. The normalized spacial score (nSPS) is 14.2. The molecular formula is C23H34OSiTi. The van der Waals surface area contributed by atoms with Crippen molar-refractivity contribution >= 4 is 6.66 Å². The zero-order valence-electron chi connectivity index (χ0n) is 17.5. The summed E-state index contributed by atoms with van der Waals surface area (Å²) in [6, 6.07) is 7.94. The van der Waals surface area contributed by atoms with Crippen molar-refractivity contribution in [2.24, 2.45) is 5.41 Å². The molecule has 0 heterocycles. The van der Waals surface area contributed by atoms with Crippen molar-refractivity contribution in [3.8, 4) is 5.75 Å². The van der Waals surface area contributed by atoms with Gasteiger partial charge in [-0.2, -0.15) is 0 Å². The van der Waals surface area contributed by atoms with E-state index in [1.54, 1.807) is 21.8 Å². The van der Waals surface area contributed by atoms with Crippen LogP contribution < -0.4 is 4.74 Å². The van der Waals surface area contributed by atoms with Gasteiger partial charge in [0.05, 0.1) is 6.26 Å². The van der Waals surface area contributed by atoms with Gasteiger partial charge in [-0.15, -0.1) is 0 Å². The Balaban J connectivity index is 0.000000260. The summed E-state index contributed by atoms with van der Waals surface area (Å²) < 4.78 is 7.20. The first kappa shape index (κ1) is 23.0. The summed E-state index contributed by atoms with van der Waals surface area (Å²) in [7, 11) is 0. The monoisotopic (exact) mass is 402 g/mol. The minimum atomic E-state index is -0.282. The number of rotatable bonds is 5. The molecule has 0 amide bonds. The van der Waals surface area contributed by atoms with Gasteiger partial charge in [0.15, 0.2) is 0 Å². The molecule has 0 bridgehead atoms. The summed E-state index contributed by atoms with van der Waals surface area (Å²) in [6.45, 7) is 19.2. The van der Waals surface area contributed by atoms with Crippen LogP contribution in [0.15, 0.2) is 70.4 Å². The molecule has 1 aliphatic rings. The van der Waals surface area contributed by atoms with E-state index in [1.165, 1.54) is 12.0 Å². The SMILES string of the molecule is C=CC(C)=COc1cccc(C)c1.C[SiH](C)[Ti][C]1=CC(C(C)(C)C)=CC1. The molecule has 140 valence electrons. The van der Waals surface area contributed by atoms with Crippen molar-refractivity contribution in [2.75, 3.05) is 0 Å². The maximum absolute atomic E-state index is 5.41. The maximum atomic E-state index is 5.41. The van der Waals surface area contributed by atoms with E-state index >= 15 is 0 Å². The van der Waals surface area contributed by atoms with Crippen LogP contribution in [0.4, 0.5) is 0 Å². The molecule has 0 aliphatic heterocycles. The Morgan fingerprint density at radius 2 is 1.96 bits per heavy atom. The Morgan fingerprint density at radius 1 is 1.27 bits per heavy atom. The quantitative estimate of drug-likeness (QED) is 0.300. The van der Waals surface area contributed by atoms with E-state index < -0.39 is 0 Å². The topological polar surface area (TPSA) is 9.23 Å². The average molecular weight is 402 g/mol. The molecule has 3 heteroatoms. The van der Waals surface area contributed by atoms with Gasteiger partial charge >= 0.3 is 92.4 Å². The van der Waals surface area contributed by atoms with Crippen LogP contribution >= 0.6 is 0 Å². The van der Waals surface area contributed by atoms with Crippen molar-refractivity contribution in [2.45, 2.75) is 54.1 Å². The molecule has 0 radical (unpaired) electrons. The molecule has 0 saturated heterocycles. The van der Waals surface area contributed by atoms with Gasteiger partial charge in [-0.1, -0.05) is 24.8 Å². The van der Waals surface area contributed by atoms with Crippen LogP contribution in [0.2, 0.25) is 13.1 Å². The van der Waals surface area contributed by atoms with Crippen LogP contribution in [-0.2, 0) is 18.4 Å². The Kier molecular flexibility index (Phi) is 9.63. The van der Waals surface area contributed by atoms with E-state index in [9.17, 15) is 0 Å². The average Bonchev–Trinajstić information content (AvgIpc) is 3.01. The molecule has 0 fully saturated rings. The van der Waals surface area contributed by atoms with E-state index in [0.717, 1.165) is 11.3 Å². The number of allylic oxidation sites excluding steroid dienone is 6. The Bertz CT molecular complexity index is 690. The van der Waals surface area contributed by atoms with E-state index in [0.29, 0.717) is 23.8 Å². The predicted octanol–water partition coefficient (Wildman–Crippen LogP) is 6.78. The summed E-state index contributed by atoms with van der Waals surface area (Å²) in [4.78, 5) is 0. The van der Waals surface area contributed by atoms with Gasteiger partial charge in [0, 0.05) is 0 Å². The second-order valence-corrected chi connectivity index (χ2v) is 18.4. The van der Waals surface area contributed by atoms with Crippen LogP contribution in [-0.4, -0.2) is 6.66 Å². The zero-order valence-corrected chi connectivity index (χ0v) is 20.2. The van der Waals surface area contributed by atoms with Gasteiger partial charge in [-0.05, 0) is 37.1 Å². The van der Waals surface area contributed by atoms with Crippen molar-refractivity contribution in [1.82, 2.24) is 0 Å².